The third kappa shape index (κ3) is 7.36. The molecule has 0 radical (unpaired) electrons. The summed E-state index contributed by atoms with van der Waals surface area (Å²) in [6, 6.07) is 14.4. The SMILES string of the molecule is CCCCOCCOc1ccc(-c2ccc(N3CCC(C)CC3)c(/C=C(\C)C(=O)O)c2)cc1. The van der Waals surface area contributed by atoms with Gasteiger partial charge in [0.25, 0.3) is 0 Å². The number of ether oxygens (including phenoxy) is 2. The molecule has 0 saturated carbocycles. The van der Waals surface area contributed by atoms with Crippen LogP contribution in [0, 0.1) is 5.92 Å². The third-order valence-corrected chi connectivity index (χ3v) is 6.19. The van der Waals surface area contributed by atoms with Gasteiger partial charge >= 0.3 is 5.97 Å². The molecule has 3 rings (SSSR count). The van der Waals surface area contributed by atoms with Gasteiger partial charge in [-0.3, -0.25) is 0 Å². The van der Waals surface area contributed by atoms with Crippen molar-refractivity contribution in [1.29, 1.82) is 0 Å². The normalized spacial score (nSPS) is 15.0. The molecule has 178 valence electrons. The Bertz CT molecular complexity index is 927. The number of rotatable bonds is 11. The zero-order valence-electron chi connectivity index (χ0n) is 20.2. The summed E-state index contributed by atoms with van der Waals surface area (Å²) in [6.45, 7) is 10.0. The standard InChI is InChI=1S/C28H37NO4/c1-4-5-16-32-17-18-33-26-9-6-23(7-10-26)24-8-11-27(29-14-12-21(2)13-15-29)25(20-24)19-22(3)28(30)31/h6-11,19-21H,4-5,12-18H2,1-3H3,(H,30,31)/b22-19+. The number of benzene rings is 2. The van der Waals surface area contributed by atoms with E-state index in [4.69, 9.17) is 9.47 Å². The van der Waals surface area contributed by atoms with Crippen molar-refractivity contribution in [3.8, 4) is 16.9 Å². The summed E-state index contributed by atoms with van der Waals surface area (Å²) in [6.07, 6.45) is 6.32. The lowest BCUT2D eigenvalue weighted by Crippen LogP contribution is -2.33. The van der Waals surface area contributed by atoms with Gasteiger partial charge in [-0.25, -0.2) is 4.79 Å². The molecule has 5 nitrogen and oxygen atoms in total. The molecule has 1 N–H and O–H groups in total. The average molecular weight is 452 g/mol. The van der Waals surface area contributed by atoms with Gasteiger partial charge in [-0.2, -0.15) is 0 Å². The number of piperidine rings is 1. The molecule has 1 fully saturated rings. The lowest BCUT2D eigenvalue weighted by Gasteiger charge is -2.33. The second kappa shape index (κ2) is 12.4. The van der Waals surface area contributed by atoms with Crippen molar-refractivity contribution in [1.82, 2.24) is 0 Å². The summed E-state index contributed by atoms with van der Waals surface area (Å²) in [4.78, 5) is 13.9. The molecule has 1 aliphatic heterocycles. The van der Waals surface area contributed by atoms with E-state index in [0.29, 0.717) is 18.8 Å². The first-order valence-electron chi connectivity index (χ1n) is 12.1. The molecule has 0 aromatic heterocycles. The highest BCUT2D eigenvalue weighted by atomic mass is 16.5. The van der Waals surface area contributed by atoms with Gasteiger partial charge in [0, 0.05) is 31.0 Å². The highest BCUT2D eigenvalue weighted by Crippen LogP contribution is 2.32. The fraction of sp³-hybridized carbons (Fsp3) is 0.464. The van der Waals surface area contributed by atoms with E-state index in [1.54, 1.807) is 13.0 Å². The van der Waals surface area contributed by atoms with Crippen molar-refractivity contribution < 1.29 is 19.4 Å². The van der Waals surface area contributed by atoms with E-state index in [1.807, 2.05) is 24.3 Å². The highest BCUT2D eigenvalue weighted by Gasteiger charge is 2.19. The average Bonchev–Trinajstić information content (AvgIpc) is 2.82. The molecule has 0 bridgehead atoms. The molecule has 0 unspecified atom stereocenters. The third-order valence-electron chi connectivity index (χ3n) is 6.19. The Balaban J connectivity index is 1.74. The summed E-state index contributed by atoms with van der Waals surface area (Å²) in [5, 5.41) is 9.42. The Hall–Kier alpha value is -2.79. The number of hydrogen-bond acceptors (Lipinski definition) is 4. The zero-order chi connectivity index (χ0) is 23.6. The van der Waals surface area contributed by atoms with E-state index in [9.17, 15) is 9.90 Å². The maximum absolute atomic E-state index is 11.5. The van der Waals surface area contributed by atoms with Crippen LogP contribution < -0.4 is 9.64 Å². The van der Waals surface area contributed by atoms with Crippen LogP contribution in [0.15, 0.2) is 48.0 Å². The number of aliphatic carboxylic acids is 1. The maximum atomic E-state index is 11.5. The predicted molar refractivity (Wildman–Crippen MR) is 135 cm³/mol. The molecule has 1 aliphatic rings. The Morgan fingerprint density at radius 2 is 1.76 bits per heavy atom. The first-order valence-corrected chi connectivity index (χ1v) is 12.1. The topological polar surface area (TPSA) is 59.0 Å². The van der Waals surface area contributed by atoms with Crippen molar-refractivity contribution in [3.63, 3.8) is 0 Å². The van der Waals surface area contributed by atoms with E-state index < -0.39 is 5.97 Å². The Morgan fingerprint density at radius 3 is 2.42 bits per heavy atom. The Labute approximate surface area is 198 Å². The number of nitrogens with zero attached hydrogens (tertiary/aromatic N) is 1. The molecule has 1 saturated heterocycles. The molecule has 0 amide bonds. The van der Waals surface area contributed by atoms with Crippen molar-refractivity contribution in [2.75, 3.05) is 37.8 Å². The fourth-order valence-corrected chi connectivity index (χ4v) is 3.99. The van der Waals surface area contributed by atoms with Gasteiger partial charge in [-0.05, 0) is 79.1 Å². The molecular formula is C28H37NO4. The van der Waals surface area contributed by atoms with Crippen LogP contribution in [-0.2, 0) is 9.53 Å². The zero-order valence-corrected chi connectivity index (χ0v) is 20.2. The van der Waals surface area contributed by atoms with Crippen LogP contribution in [0.1, 0.15) is 52.0 Å². The van der Waals surface area contributed by atoms with Crippen LogP contribution in [0.25, 0.3) is 17.2 Å². The first-order chi connectivity index (χ1) is 16.0. The van der Waals surface area contributed by atoms with Crippen molar-refractivity contribution in [2.45, 2.75) is 46.5 Å². The summed E-state index contributed by atoms with van der Waals surface area (Å²) in [5.74, 6) is 0.668. The molecule has 0 spiro atoms. The van der Waals surface area contributed by atoms with Gasteiger partial charge in [0.1, 0.15) is 12.4 Å². The molecule has 0 aliphatic carbocycles. The predicted octanol–water partition coefficient (Wildman–Crippen LogP) is 6.27. The van der Waals surface area contributed by atoms with Crippen LogP contribution in [0.5, 0.6) is 5.75 Å². The fourth-order valence-electron chi connectivity index (χ4n) is 3.99. The molecular weight excluding hydrogens is 414 g/mol. The number of anilines is 1. The number of carboxylic acid groups (broad SMARTS) is 1. The molecule has 2 aromatic carbocycles. The monoisotopic (exact) mass is 451 g/mol. The summed E-state index contributed by atoms with van der Waals surface area (Å²) >= 11 is 0. The van der Waals surface area contributed by atoms with E-state index in [1.165, 1.54) is 0 Å². The molecule has 33 heavy (non-hydrogen) atoms. The van der Waals surface area contributed by atoms with Gasteiger partial charge < -0.3 is 19.5 Å². The second-order valence-corrected chi connectivity index (χ2v) is 8.91. The van der Waals surface area contributed by atoms with Gasteiger partial charge in [0.15, 0.2) is 0 Å². The molecule has 1 heterocycles. The van der Waals surface area contributed by atoms with Crippen LogP contribution in [0.3, 0.4) is 0 Å². The van der Waals surface area contributed by atoms with Crippen LogP contribution in [0.4, 0.5) is 5.69 Å². The lowest BCUT2D eigenvalue weighted by molar-refractivity contribution is -0.132. The van der Waals surface area contributed by atoms with Gasteiger partial charge in [-0.1, -0.05) is 38.5 Å². The van der Waals surface area contributed by atoms with Gasteiger partial charge in [-0.15, -0.1) is 0 Å². The number of hydrogen-bond donors (Lipinski definition) is 1. The summed E-state index contributed by atoms with van der Waals surface area (Å²) in [5.41, 5.74) is 4.52. The Morgan fingerprint density at radius 1 is 1.06 bits per heavy atom. The minimum absolute atomic E-state index is 0.337. The first kappa shape index (κ1) is 24.8. The molecule has 2 aromatic rings. The number of carboxylic acids is 1. The van der Waals surface area contributed by atoms with Crippen LogP contribution >= 0.6 is 0 Å². The molecule has 5 heteroatoms. The van der Waals surface area contributed by atoms with Crippen molar-refractivity contribution in [2.24, 2.45) is 5.92 Å². The summed E-state index contributed by atoms with van der Waals surface area (Å²) < 4.78 is 11.3. The van der Waals surface area contributed by atoms with Gasteiger partial charge in [0.2, 0.25) is 0 Å². The van der Waals surface area contributed by atoms with Crippen molar-refractivity contribution in [3.05, 3.63) is 53.6 Å². The lowest BCUT2D eigenvalue weighted by atomic mass is 9.96. The van der Waals surface area contributed by atoms with Gasteiger partial charge in [0.05, 0.1) is 6.61 Å². The smallest absolute Gasteiger partial charge is 0.331 e. The van der Waals surface area contributed by atoms with E-state index >= 15 is 0 Å². The largest absolute Gasteiger partial charge is 0.491 e. The Kier molecular flexibility index (Phi) is 9.37. The van der Waals surface area contributed by atoms with E-state index in [0.717, 1.165) is 79.4 Å². The maximum Gasteiger partial charge on any atom is 0.331 e. The molecule has 0 atom stereocenters. The van der Waals surface area contributed by atoms with Crippen LogP contribution in [0.2, 0.25) is 0 Å². The second-order valence-electron chi connectivity index (χ2n) is 8.91. The van der Waals surface area contributed by atoms with Crippen molar-refractivity contribution >= 4 is 17.7 Å². The minimum Gasteiger partial charge on any atom is -0.491 e. The number of unbranched alkanes of at least 4 members (excludes halogenated alkanes) is 1. The van der Waals surface area contributed by atoms with Crippen LogP contribution in [-0.4, -0.2) is 44.0 Å². The minimum atomic E-state index is -0.890. The summed E-state index contributed by atoms with van der Waals surface area (Å²) in [7, 11) is 0. The quantitative estimate of drug-likeness (QED) is 0.322. The van der Waals surface area contributed by atoms with E-state index in [2.05, 4.69) is 36.9 Å². The number of carbonyl (C=O) groups is 1. The van der Waals surface area contributed by atoms with E-state index in [-0.39, 0.29) is 0 Å². The highest BCUT2D eigenvalue weighted by molar-refractivity contribution is 5.93.